The first kappa shape index (κ1) is 16.4. The molecule has 8 heteroatoms. The van der Waals surface area contributed by atoms with Crippen molar-refractivity contribution in [1.29, 1.82) is 0 Å². The number of hydrogen-bond donors (Lipinski definition) is 1. The van der Waals surface area contributed by atoms with Crippen molar-refractivity contribution in [2.75, 3.05) is 5.32 Å². The topological polar surface area (TPSA) is 76.9 Å². The Labute approximate surface area is 146 Å². The van der Waals surface area contributed by atoms with Gasteiger partial charge in [0.1, 0.15) is 6.54 Å². The van der Waals surface area contributed by atoms with Gasteiger partial charge in [-0.25, -0.2) is 9.67 Å². The van der Waals surface area contributed by atoms with Crippen LogP contribution in [0, 0.1) is 6.92 Å². The van der Waals surface area contributed by atoms with Crippen molar-refractivity contribution in [3.8, 4) is 11.3 Å². The van der Waals surface area contributed by atoms with Crippen LogP contribution in [-0.2, 0) is 11.3 Å². The molecule has 0 aliphatic heterocycles. The zero-order valence-electron chi connectivity index (χ0n) is 12.7. The predicted octanol–water partition coefficient (Wildman–Crippen LogP) is 2.97. The molecule has 0 bridgehead atoms. The smallest absolute Gasteiger partial charge is 0.267 e. The molecule has 3 rings (SSSR count). The van der Waals surface area contributed by atoms with Gasteiger partial charge in [0.2, 0.25) is 5.91 Å². The minimum absolute atomic E-state index is 0.199. The number of hydrogen-bond acceptors (Lipinski definition) is 5. The van der Waals surface area contributed by atoms with Gasteiger partial charge in [-0.2, -0.15) is 5.10 Å². The van der Waals surface area contributed by atoms with E-state index < -0.39 is 0 Å². The Balaban J connectivity index is 1.83. The van der Waals surface area contributed by atoms with E-state index in [2.05, 4.69) is 15.4 Å². The van der Waals surface area contributed by atoms with Crippen LogP contribution in [0.2, 0.25) is 5.02 Å². The predicted molar refractivity (Wildman–Crippen MR) is 94.4 cm³/mol. The van der Waals surface area contributed by atoms with E-state index in [1.807, 2.05) is 24.4 Å². The van der Waals surface area contributed by atoms with Crippen LogP contribution in [0.5, 0.6) is 0 Å². The van der Waals surface area contributed by atoms with Crippen LogP contribution in [0.25, 0.3) is 11.3 Å². The number of nitrogens with one attached hydrogen (secondary N) is 1. The van der Waals surface area contributed by atoms with E-state index in [0.717, 1.165) is 10.4 Å². The van der Waals surface area contributed by atoms with Gasteiger partial charge in [0.05, 0.1) is 16.4 Å². The largest absolute Gasteiger partial charge is 0.300 e. The summed E-state index contributed by atoms with van der Waals surface area (Å²) in [5, 5.41) is 9.73. The second-order valence-electron chi connectivity index (χ2n) is 5.04. The number of carbonyl (C=O) groups excluding carboxylic acids is 1. The molecule has 3 aromatic rings. The van der Waals surface area contributed by atoms with Gasteiger partial charge < -0.3 is 5.32 Å². The van der Waals surface area contributed by atoms with Gasteiger partial charge >= 0.3 is 0 Å². The summed E-state index contributed by atoms with van der Waals surface area (Å²) in [6.07, 6.45) is 0. The van der Waals surface area contributed by atoms with E-state index in [1.165, 1.54) is 17.4 Å². The maximum Gasteiger partial charge on any atom is 0.267 e. The number of aromatic nitrogens is 3. The Bertz CT molecular complexity index is 951. The summed E-state index contributed by atoms with van der Waals surface area (Å²) in [6.45, 7) is 1.64. The fourth-order valence-electron chi connectivity index (χ4n) is 2.08. The molecule has 1 aromatic carbocycles. The first-order chi connectivity index (χ1) is 11.5. The van der Waals surface area contributed by atoms with E-state index in [9.17, 15) is 9.59 Å². The van der Waals surface area contributed by atoms with Crippen molar-refractivity contribution in [3.05, 3.63) is 62.8 Å². The van der Waals surface area contributed by atoms with Crippen LogP contribution < -0.4 is 10.9 Å². The molecule has 122 valence electrons. The van der Waals surface area contributed by atoms with Gasteiger partial charge in [-0.15, -0.1) is 11.3 Å². The third-order valence-corrected chi connectivity index (χ3v) is 4.38. The van der Waals surface area contributed by atoms with E-state index in [4.69, 9.17) is 11.6 Å². The zero-order valence-corrected chi connectivity index (χ0v) is 14.3. The lowest BCUT2D eigenvalue weighted by molar-refractivity contribution is -0.117. The normalized spacial score (nSPS) is 10.6. The molecule has 0 unspecified atom stereocenters. The Morgan fingerprint density at radius 2 is 2.08 bits per heavy atom. The quantitative estimate of drug-likeness (QED) is 0.776. The monoisotopic (exact) mass is 360 g/mol. The molecule has 0 saturated carbocycles. The minimum Gasteiger partial charge on any atom is -0.300 e. The number of aryl methyl sites for hydroxylation is 1. The third-order valence-electron chi connectivity index (χ3n) is 3.18. The second kappa shape index (κ2) is 6.94. The highest BCUT2D eigenvalue weighted by Crippen LogP contribution is 2.24. The van der Waals surface area contributed by atoms with Crippen LogP contribution >= 0.6 is 22.9 Å². The summed E-state index contributed by atoms with van der Waals surface area (Å²) in [4.78, 5) is 28.2. The molecule has 2 heterocycles. The molecule has 2 aromatic heterocycles. The minimum atomic E-state index is -0.366. The average molecular weight is 361 g/mol. The number of anilines is 1. The Morgan fingerprint density at radius 1 is 1.29 bits per heavy atom. The molecule has 0 aliphatic carbocycles. The third kappa shape index (κ3) is 3.69. The molecule has 1 N–H and O–H groups in total. The number of amides is 1. The average Bonchev–Trinajstić information content (AvgIpc) is 2.95. The van der Waals surface area contributed by atoms with Crippen molar-refractivity contribution in [2.45, 2.75) is 13.5 Å². The number of carbonyl (C=O) groups is 1. The van der Waals surface area contributed by atoms with Crippen molar-refractivity contribution in [2.24, 2.45) is 0 Å². The highest BCUT2D eigenvalue weighted by molar-refractivity contribution is 7.13. The Kier molecular flexibility index (Phi) is 4.73. The highest BCUT2D eigenvalue weighted by Gasteiger charge is 2.11. The van der Waals surface area contributed by atoms with Gasteiger partial charge in [-0.05, 0) is 19.1 Å². The summed E-state index contributed by atoms with van der Waals surface area (Å²) in [6, 6.07) is 10.1. The fraction of sp³-hybridized carbons (Fsp3) is 0.125. The molecular formula is C16H13ClN4O2S. The summed E-state index contributed by atoms with van der Waals surface area (Å²) >= 11 is 7.48. The van der Waals surface area contributed by atoms with Crippen LogP contribution in [0.1, 0.15) is 5.69 Å². The summed E-state index contributed by atoms with van der Waals surface area (Å²) in [5.41, 5.74) is 1.68. The lowest BCUT2D eigenvalue weighted by Crippen LogP contribution is -2.29. The van der Waals surface area contributed by atoms with Crippen LogP contribution in [0.3, 0.4) is 0 Å². The molecule has 24 heavy (non-hydrogen) atoms. The van der Waals surface area contributed by atoms with Crippen molar-refractivity contribution in [3.63, 3.8) is 0 Å². The summed E-state index contributed by atoms with van der Waals surface area (Å²) < 4.78 is 1.11. The number of thiazole rings is 1. The molecule has 0 spiro atoms. The maximum absolute atomic E-state index is 12.1. The summed E-state index contributed by atoms with van der Waals surface area (Å²) in [7, 11) is 0. The lowest BCUT2D eigenvalue weighted by atomic mass is 10.1. The standard InChI is InChI=1S/C16H13ClN4O2S/c1-10-9-24-16(18-10)19-14(22)8-21-15(23)7-6-13(20-21)11-4-2-3-5-12(11)17/h2-7,9H,8H2,1H3,(H,18,19,22). The maximum atomic E-state index is 12.1. The van der Waals surface area contributed by atoms with E-state index in [1.54, 1.807) is 18.2 Å². The first-order valence-electron chi connectivity index (χ1n) is 7.08. The zero-order chi connectivity index (χ0) is 17.1. The summed E-state index contributed by atoms with van der Waals surface area (Å²) in [5.74, 6) is -0.366. The van der Waals surface area contributed by atoms with Crippen LogP contribution in [0.15, 0.2) is 46.6 Å². The van der Waals surface area contributed by atoms with Gasteiger partial charge in [-0.3, -0.25) is 9.59 Å². The molecule has 0 saturated heterocycles. The van der Waals surface area contributed by atoms with E-state index >= 15 is 0 Å². The highest BCUT2D eigenvalue weighted by atomic mass is 35.5. The molecule has 0 atom stereocenters. The van der Waals surface area contributed by atoms with E-state index in [0.29, 0.717) is 21.4 Å². The number of halogens is 1. The van der Waals surface area contributed by atoms with E-state index in [-0.39, 0.29) is 18.0 Å². The van der Waals surface area contributed by atoms with Gasteiger partial charge in [0.25, 0.3) is 5.56 Å². The number of nitrogens with zero attached hydrogens (tertiary/aromatic N) is 3. The first-order valence-corrected chi connectivity index (χ1v) is 8.34. The van der Waals surface area contributed by atoms with Gasteiger partial charge in [0, 0.05) is 17.0 Å². The van der Waals surface area contributed by atoms with Crippen LogP contribution in [0.4, 0.5) is 5.13 Å². The Morgan fingerprint density at radius 3 is 2.79 bits per heavy atom. The molecular weight excluding hydrogens is 348 g/mol. The molecule has 0 aliphatic rings. The molecule has 0 radical (unpaired) electrons. The molecule has 6 nitrogen and oxygen atoms in total. The Hall–Kier alpha value is -2.51. The lowest BCUT2D eigenvalue weighted by Gasteiger charge is -2.08. The van der Waals surface area contributed by atoms with Crippen molar-refractivity contribution >= 4 is 34.0 Å². The SMILES string of the molecule is Cc1csc(NC(=O)Cn2nc(-c3ccccc3Cl)ccc2=O)n1. The molecule has 1 amide bonds. The van der Waals surface area contributed by atoms with Crippen molar-refractivity contribution < 1.29 is 4.79 Å². The number of rotatable bonds is 4. The second-order valence-corrected chi connectivity index (χ2v) is 6.30. The van der Waals surface area contributed by atoms with Crippen molar-refractivity contribution in [1.82, 2.24) is 14.8 Å². The van der Waals surface area contributed by atoms with Gasteiger partial charge in [-0.1, -0.05) is 29.8 Å². The fourth-order valence-corrected chi connectivity index (χ4v) is 3.02. The van der Waals surface area contributed by atoms with Crippen LogP contribution in [-0.4, -0.2) is 20.7 Å². The number of benzene rings is 1. The van der Waals surface area contributed by atoms with Gasteiger partial charge in [0.15, 0.2) is 5.13 Å². The molecule has 0 fully saturated rings.